The normalized spacial score (nSPS) is 10.3. The van der Waals surface area contributed by atoms with Crippen molar-refractivity contribution in [3.8, 4) is 0 Å². The molecule has 2 rings (SSSR count). The average molecular weight is 358 g/mol. The monoisotopic (exact) mass is 356 g/mol. The molecule has 0 N–H and O–H groups in total. The Balaban J connectivity index is 2.08. The van der Waals surface area contributed by atoms with Crippen LogP contribution in [0.2, 0.25) is 5.02 Å². The van der Waals surface area contributed by atoms with Gasteiger partial charge in [-0.2, -0.15) is 0 Å². The molecule has 2 aromatic carbocycles. The summed E-state index contributed by atoms with van der Waals surface area (Å²) in [6.07, 6.45) is 0. The zero-order valence-electron chi connectivity index (χ0n) is 9.77. The van der Waals surface area contributed by atoms with Crippen LogP contribution >= 0.6 is 40.2 Å². The smallest absolute Gasteiger partial charge is 0.339 e. The van der Waals surface area contributed by atoms with E-state index in [0.717, 1.165) is 10.0 Å². The van der Waals surface area contributed by atoms with Crippen molar-refractivity contribution < 1.29 is 9.53 Å². The average Bonchev–Trinajstić information content (AvgIpc) is 2.37. The first-order valence-electron chi connectivity index (χ1n) is 5.47. The predicted octanol–water partition coefficient (Wildman–Crippen LogP) is 4.75. The van der Waals surface area contributed by atoms with Crippen molar-refractivity contribution in [2.45, 2.75) is 11.5 Å². The molecule has 5 heteroatoms. The van der Waals surface area contributed by atoms with E-state index < -0.39 is 5.97 Å². The third kappa shape index (κ3) is 3.75. The third-order valence-electron chi connectivity index (χ3n) is 2.50. The quantitative estimate of drug-likeness (QED) is 0.634. The van der Waals surface area contributed by atoms with Crippen molar-refractivity contribution >= 4 is 46.1 Å². The van der Waals surface area contributed by atoms with Crippen LogP contribution < -0.4 is 0 Å². The fourth-order valence-corrected chi connectivity index (χ4v) is 2.55. The Morgan fingerprint density at radius 3 is 2.68 bits per heavy atom. The van der Waals surface area contributed by atoms with Crippen molar-refractivity contribution in [3.05, 3.63) is 63.1 Å². The van der Waals surface area contributed by atoms with Gasteiger partial charge >= 0.3 is 5.97 Å². The molecule has 0 saturated heterocycles. The van der Waals surface area contributed by atoms with Crippen LogP contribution in [-0.4, -0.2) is 5.97 Å². The first-order chi connectivity index (χ1) is 9.08. The summed E-state index contributed by atoms with van der Waals surface area (Å²) in [7, 11) is 0. The van der Waals surface area contributed by atoms with E-state index in [-0.39, 0.29) is 6.61 Å². The van der Waals surface area contributed by atoms with E-state index in [2.05, 4.69) is 28.6 Å². The second-order valence-electron chi connectivity index (χ2n) is 3.83. The standard InChI is InChI=1S/C14H10BrClO2S/c15-10-5-6-11(13(19)7-10)14(17)18-8-9-3-1-2-4-12(9)16/h1-7,19H,8H2. The Kier molecular flexibility index (Phi) is 4.91. The van der Waals surface area contributed by atoms with Crippen LogP contribution in [-0.2, 0) is 11.3 Å². The van der Waals surface area contributed by atoms with Gasteiger partial charge < -0.3 is 4.74 Å². The number of esters is 1. The highest BCUT2D eigenvalue weighted by Crippen LogP contribution is 2.22. The highest BCUT2D eigenvalue weighted by atomic mass is 79.9. The van der Waals surface area contributed by atoms with E-state index in [4.69, 9.17) is 16.3 Å². The highest BCUT2D eigenvalue weighted by Gasteiger charge is 2.12. The lowest BCUT2D eigenvalue weighted by Gasteiger charge is -2.08. The fraction of sp³-hybridized carbons (Fsp3) is 0.0714. The van der Waals surface area contributed by atoms with Gasteiger partial charge in [-0.05, 0) is 24.3 Å². The maximum atomic E-state index is 11.9. The number of carbonyl (C=O) groups is 1. The predicted molar refractivity (Wildman–Crippen MR) is 82.0 cm³/mol. The van der Waals surface area contributed by atoms with E-state index in [1.807, 2.05) is 18.2 Å². The molecule has 0 bridgehead atoms. The van der Waals surface area contributed by atoms with Gasteiger partial charge in [0.15, 0.2) is 0 Å². The molecule has 0 fully saturated rings. The van der Waals surface area contributed by atoms with Gasteiger partial charge in [0.25, 0.3) is 0 Å². The lowest BCUT2D eigenvalue weighted by molar-refractivity contribution is 0.0469. The number of rotatable bonds is 3. The first kappa shape index (κ1) is 14.4. The molecule has 2 aromatic rings. The molecule has 0 aliphatic rings. The van der Waals surface area contributed by atoms with Crippen molar-refractivity contribution in [1.82, 2.24) is 0 Å². The molecule has 0 aliphatic carbocycles. The van der Waals surface area contributed by atoms with E-state index in [1.165, 1.54) is 0 Å². The number of benzene rings is 2. The van der Waals surface area contributed by atoms with E-state index in [9.17, 15) is 4.79 Å². The molecule has 98 valence electrons. The highest BCUT2D eigenvalue weighted by molar-refractivity contribution is 9.10. The number of thiol groups is 1. The summed E-state index contributed by atoms with van der Waals surface area (Å²) in [6, 6.07) is 12.4. The minimum atomic E-state index is -0.419. The lowest BCUT2D eigenvalue weighted by Crippen LogP contribution is -2.06. The molecule has 2 nitrogen and oxygen atoms in total. The first-order valence-corrected chi connectivity index (χ1v) is 7.09. The van der Waals surface area contributed by atoms with Gasteiger partial charge in [-0.3, -0.25) is 0 Å². The SMILES string of the molecule is O=C(OCc1ccccc1Cl)c1ccc(Br)cc1S. The molecule has 0 radical (unpaired) electrons. The van der Waals surface area contributed by atoms with Crippen LogP contribution in [0.1, 0.15) is 15.9 Å². The van der Waals surface area contributed by atoms with Crippen molar-refractivity contribution in [1.29, 1.82) is 0 Å². The van der Waals surface area contributed by atoms with Crippen LogP contribution in [0, 0.1) is 0 Å². The Hall–Kier alpha value is -0.970. The van der Waals surface area contributed by atoms with Crippen molar-refractivity contribution in [2.24, 2.45) is 0 Å². The van der Waals surface area contributed by atoms with Crippen LogP contribution in [0.3, 0.4) is 0 Å². The van der Waals surface area contributed by atoms with Crippen LogP contribution in [0.15, 0.2) is 51.8 Å². The second-order valence-corrected chi connectivity index (χ2v) is 5.63. The van der Waals surface area contributed by atoms with Gasteiger partial charge in [-0.15, -0.1) is 12.6 Å². The molecule has 19 heavy (non-hydrogen) atoms. The third-order valence-corrected chi connectivity index (χ3v) is 3.73. The maximum Gasteiger partial charge on any atom is 0.339 e. The Bertz CT molecular complexity index is 616. The summed E-state index contributed by atoms with van der Waals surface area (Å²) in [5.41, 5.74) is 1.20. The molecule has 0 heterocycles. The zero-order valence-corrected chi connectivity index (χ0v) is 13.0. The van der Waals surface area contributed by atoms with Gasteiger partial charge in [-0.1, -0.05) is 45.7 Å². The van der Waals surface area contributed by atoms with Gasteiger partial charge in [0, 0.05) is 20.0 Å². The molecule has 0 atom stereocenters. The number of ether oxygens (including phenoxy) is 1. The van der Waals surface area contributed by atoms with Gasteiger partial charge in [0.2, 0.25) is 0 Å². The molecule has 0 unspecified atom stereocenters. The minimum absolute atomic E-state index is 0.141. The molecule has 0 spiro atoms. The lowest BCUT2D eigenvalue weighted by atomic mass is 10.2. The van der Waals surface area contributed by atoms with Crippen LogP contribution in [0.5, 0.6) is 0 Å². The maximum absolute atomic E-state index is 11.9. The van der Waals surface area contributed by atoms with Gasteiger partial charge in [0.05, 0.1) is 5.56 Å². The summed E-state index contributed by atoms with van der Waals surface area (Å²) < 4.78 is 6.09. The van der Waals surface area contributed by atoms with Gasteiger partial charge in [0.1, 0.15) is 6.61 Å². The number of halogens is 2. The van der Waals surface area contributed by atoms with Gasteiger partial charge in [-0.25, -0.2) is 4.79 Å². The summed E-state index contributed by atoms with van der Waals surface area (Å²) in [5.74, 6) is -0.419. The fourth-order valence-electron chi connectivity index (χ4n) is 1.51. The van der Waals surface area contributed by atoms with E-state index >= 15 is 0 Å². The number of hydrogen-bond donors (Lipinski definition) is 1. The number of hydrogen-bond acceptors (Lipinski definition) is 3. The molecule has 0 saturated carbocycles. The summed E-state index contributed by atoms with van der Waals surface area (Å²) in [6.45, 7) is 0.141. The summed E-state index contributed by atoms with van der Waals surface area (Å²) in [5, 5.41) is 0.581. The van der Waals surface area contributed by atoms with Crippen molar-refractivity contribution in [2.75, 3.05) is 0 Å². The molecule has 0 amide bonds. The Morgan fingerprint density at radius 2 is 2.00 bits per heavy atom. The topological polar surface area (TPSA) is 26.3 Å². The Labute approximate surface area is 130 Å². The number of carbonyl (C=O) groups excluding carboxylic acids is 1. The largest absolute Gasteiger partial charge is 0.457 e. The second kappa shape index (κ2) is 6.46. The molecular weight excluding hydrogens is 348 g/mol. The van der Waals surface area contributed by atoms with Crippen LogP contribution in [0.25, 0.3) is 0 Å². The van der Waals surface area contributed by atoms with E-state index in [0.29, 0.717) is 15.5 Å². The Morgan fingerprint density at radius 1 is 1.26 bits per heavy atom. The van der Waals surface area contributed by atoms with Crippen molar-refractivity contribution in [3.63, 3.8) is 0 Å². The molecular formula is C14H10BrClO2S. The van der Waals surface area contributed by atoms with E-state index in [1.54, 1.807) is 24.3 Å². The van der Waals surface area contributed by atoms with Crippen LogP contribution in [0.4, 0.5) is 0 Å². The summed E-state index contributed by atoms with van der Waals surface area (Å²) >= 11 is 13.6. The molecule has 0 aliphatic heterocycles. The molecule has 0 aromatic heterocycles. The zero-order chi connectivity index (χ0) is 13.8. The minimum Gasteiger partial charge on any atom is -0.457 e. The summed E-state index contributed by atoms with van der Waals surface area (Å²) in [4.78, 5) is 12.5.